The van der Waals surface area contributed by atoms with Gasteiger partial charge in [-0.15, -0.1) is 24.0 Å². The maximum Gasteiger partial charge on any atom is 0.213 e. The van der Waals surface area contributed by atoms with E-state index in [1.54, 1.807) is 14.0 Å². The van der Waals surface area contributed by atoms with Crippen LogP contribution in [0.2, 0.25) is 0 Å². The Bertz CT molecular complexity index is 698. The fourth-order valence-electron chi connectivity index (χ4n) is 2.37. The van der Waals surface area contributed by atoms with Crippen LogP contribution in [0.3, 0.4) is 0 Å². The number of para-hydroxylation sites is 1. The zero-order valence-electron chi connectivity index (χ0n) is 17.6. The predicted molar refractivity (Wildman–Crippen MR) is 127 cm³/mol. The van der Waals surface area contributed by atoms with Crippen LogP contribution in [-0.4, -0.2) is 63.8 Å². The number of aryl methyl sites for hydroxylation is 1. The molecule has 0 aliphatic heterocycles. The molecule has 1 atom stereocenters. The van der Waals surface area contributed by atoms with Crippen molar-refractivity contribution in [1.29, 1.82) is 0 Å². The number of guanidine groups is 1. The Morgan fingerprint density at radius 2 is 1.93 bits per heavy atom. The maximum absolute atomic E-state index is 11.7. The number of aliphatic imine (C=N–C) groups is 1. The predicted octanol–water partition coefficient (Wildman–Crippen LogP) is 2.61. The summed E-state index contributed by atoms with van der Waals surface area (Å²) in [6.45, 7) is 10.1. The molecule has 1 unspecified atom stereocenters. The van der Waals surface area contributed by atoms with Gasteiger partial charge in [-0.25, -0.2) is 17.7 Å². The molecule has 0 bridgehead atoms. The molecule has 0 aliphatic carbocycles. The molecule has 0 aromatic heterocycles. The minimum Gasteiger partial charge on any atom is -0.489 e. The summed E-state index contributed by atoms with van der Waals surface area (Å²) in [6, 6.07) is 7.92. The van der Waals surface area contributed by atoms with Crippen LogP contribution in [0.25, 0.3) is 0 Å². The molecule has 0 radical (unpaired) electrons. The van der Waals surface area contributed by atoms with Gasteiger partial charge in [0.25, 0.3) is 0 Å². The molecule has 0 heterocycles. The first-order valence-corrected chi connectivity index (χ1v) is 11.1. The summed E-state index contributed by atoms with van der Waals surface area (Å²) in [5, 5.41) is 6.43. The molecular formula is C19H35IN4O3S. The number of nitrogens with one attached hydrogen (secondary N) is 2. The highest BCUT2D eigenvalue weighted by atomic mass is 127. The first kappa shape index (κ1) is 26.9. The summed E-state index contributed by atoms with van der Waals surface area (Å²) in [7, 11) is -1.51. The van der Waals surface area contributed by atoms with Crippen LogP contribution in [0.4, 0.5) is 0 Å². The van der Waals surface area contributed by atoms with Crippen LogP contribution in [0.5, 0.6) is 5.75 Å². The molecule has 28 heavy (non-hydrogen) atoms. The minimum absolute atomic E-state index is 0. The Balaban J connectivity index is 0.00000729. The highest BCUT2D eigenvalue weighted by molar-refractivity contribution is 14.0. The largest absolute Gasteiger partial charge is 0.489 e. The lowest BCUT2D eigenvalue weighted by Crippen LogP contribution is -2.39. The summed E-state index contributed by atoms with van der Waals surface area (Å²) >= 11 is 0. The van der Waals surface area contributed by atoms with E-state index in [1.807, 2.05) is 45.0 Å². The number of ether oxygens (including phenoxy) is 1. The van der Waals surface area contributed by atoms with Crippen molar-refractivity contribution in [2.75, 3.05) is 39.0 Å². The molecular weight excluding hydrogens is 491 g/mol. The van der Waals surface area contributed by atoms with Crippen LogP contribution < -0.4 is 15.4 Å². The van der Waals surface area contributed by atoms with Gasteiger partial charge in [-0.05, 0) is 45.7 Å². The van der Waals surface area contributed by atoms with Crippen molar-refractivity contribution in [3.8, 4) is 5.75 Å². The van der Waals surface area contributed by atoms with Gasteiger partial charge in [-0.2, -0.15) is 0 Å². The highest BCUT2D eigenvalue weighted by Crippen LogP contribution is 2.17. The second-order valence-electron chi connectivity index (χ2n) is 6.42. The van der Waals surface area contributed by atoms with Crippen LogP contribution in [0.15, 0.2) is 29.3 Å². The summed E-state index contributed by atoms with van der Waals surface area (Å²) in [5.74, 6) is 1.71. The number of sulfonamides is 1. The van der Waals surface area contributed by atoms with Crippen molar-refractivity contribution in [2.45, 2.75) is 40.2 Å². The third-order valence-electron chi connectivity index (χ3n) is 4.05. The average molecular weight is 526 g/mol. The van der Waals surface area contributed by atoms with Crippen molar-refractivity contribution in [2.24, 2.45) is 4.99 Å². The van der Waals surface area contributed by atoms with Gasteiger partial charge in [0, 0.05) is 26.7 Å². The average Bonchev–Trinajstić information content (AvgIpc) is 2.64. The maximum atomic E-state index is 11.7. The van der Waals surface area contributed by atoms with Crippen molar-refractivity contribution in [1.82, 2.24) is 14.9 Å². The Morgan fingerprint density at radius 1 is 1.25 bits per heavy atom. The Labute approximate surface area is 187 Å². The lowest BCUT2D eigenvalue weighted by molar-refractivity contribution is 0.228. The summed E-state index contributed by atoms with van der Waals surface area (Å²) in [6.07, 6.45) is 0.650. The van der Waals surface area contributed by atoms with E-state index in [9.17, 15) is 8.42 Å². The number of rotatable bonds is 11. The van der Waals surface area contributed by atoms with Gasteiger partial charge in [-0.3, -0.25) is 0 Å². The number of hydrogen-bond donors (Lipinski definition) is 2. The van der Waals surface area contributed by atoms with Gasteiger partial charge in [-0.1, -0.05) is 18.2 Å². The van der Waals surface area contributed by atoms with Gasteiger partial charge in [0.05, 0.1) is 12.3 Å². The van der Waals surface area contributed by atoms with Gasteiger partial charge in [0.2, 0.25) is 10.0 Å². The lowest BCUT2D eigenvalue weighted by Gasteiger charge is -2.18. The highest BCUT2D eigenvalue weighted by Gasteiger charge is 2.14. The molecule has 0 saturated carbocycles. The first-order chi connectivity index (χ1) is 12.8. The van der Waals surface area contributed by atoms with Gasteiger partial charge < -0.3 is 15.4 Å². The number of halogens is 1. The van der Waals surface area contributed by atoms with Gasteiger partial charge in [0.15, 0.2) is 5.96 Å². The third kappa shape index (κ3) is 9.92. The van der Waals surface area contributed by atoms with Crippen LogP contribution >= 0.6 is 24.0 Å². The second-order valence-corrected chi connectivity index (χ2v) is 8.78. The van der Waals surface area contributed by atoms with E-state index in [0.717, 1.165) is 17.9 Å². The Kier molecular flexibility index (Phi) is 13.5. The summed E-state index contributed by atoms with van der Waals surface area (Å²) in [5.41, 5.74) is 1.10. The van der Waals surface area contributed by atoms with Crippen molar-refractivity contribution in [3.63, 3.8) is 0 Å². The number of nitrogens with zero attached hydrogens (tertiary/aromatic N) is 2. The van der Waals surface area contributed by atoms with E-state index in [4.69, 9.17) is 4.74 Å². The zero-order valence-corrected chi connectivity index (χ0v) is 20.7. The van der Waals surface area contributed by atoms with E-state index in [-0.39, 0.29) is 35.8 Å². The van der Waals surface area contributed by atoms with Crippen molar-refractivity contribution in [3.05, 3.63) is 29.8 Å². The molecule has 162 valence electrons. The second kappa shape index (κ2) is 14.0. The van der Waals surface area contributed by atoms with Crippen LogP contribution in [0, 0.1) is 6.92 Å². The summed E-state index contributed by atoms with van der Waals surface area (Å²) in [4.78, 5) is 4.56. The number of benzene rings is 1. The molecule has 7 nitrogen and oxygen atoms in total. The van der Waals surface area contributed by atoms with E-state index < -0.39 is 10.0 Å². The van der Waals surface area contributed by atoms with E-state index in [2.05, 4.69) is 15.6 Å². The first-order valence-electron chi connectivity index (χ1n) is 9.48. The Morgan fingerprint density at radius 3 is 2.54 bits per heavy atom. The van der Waals surface area contributed by atoms with Gasteiger partial charge in [0.1, 0.15) is 11.9 Å². The van der Waals surface area contributed by atoms with E-state index >= 15 is 0 Å². The molecule has 1 rings (SSSR count). The molecule has 1 aromatic carbocycles. The van der Waals surface area contributed by atoms with Gasteiger partial charge >= 0.3 is 0 Å². The molecule has 0 aliphatic rings. The smallest absolute Gasteiger partial charge is 0.213 e. The quantitative estimate of drug-likeness (QED) is 0.201. The molecule has 0 spiro atoms. The fourth-order valence-corrected chi connectivity index (χ4v) is 3.22. The van der Waals surface area contributed by atoms with Crippen LogP contribution in [-0.2, 0) is 10.0 Å². The Hall–Kier alpha value is -1.07. The lowest BCUT2D eigenvalue weighted by atomic mass is 10.2. The topological polar surface area (TPSA) is 83.0 Å². The third-order valence-corrected chi connectivity index (χ3v) is 5.92. The molecule has 1 aromatic rings. The fraction of sp³-hybridized carbons (Fsp3) is 0.632. The number of hydrogen-bond acceptors (Lipinski definition) is 4. The summed E-state index contributed by atoms with van der Waals surface area (Å²) < 4.78 is 30.8. The van der Waals surface area contributed by atoms with Crippen molar-refractivity contribution < 1.29 is 13.2 Å². The SMILES string of the molecule is CCNC(=NCC(C)Oc1ccccc1C)NCCCN(C)S(=O)(=O)CC.I. The molecule has 9 heteroatoms. The standard InChI is InChI=1S/C19H34N4O3S.HI/c1-6-20-19(21-13-10-14-23(5)27(24,25)7-2)22-15-17(4)26-18-12-9-8-11-16(18)3;/h8-9,11-12,17H,6-7,10,13-15H2,1-5H3,(H2,20,21,22);1H. The van der Waals surface area contributed by atoms with Crippen LogP contribution in [0.1, 0.15) is 32.8 Å². The minimum atomic E-state index is -3.12. The van der Waals surface area contributed by atoms with Crippen molar-refractivity contribution >= 4 is 40.0 Å². The monoisotopic (exact) mass is 526 g/mol. The molecule has 0 fully saturated rings. The molecule has 2 N–H and O–H groups in total. The van der Waals surface area contributed by atoms with E-state index in [0.29, 0.717) is 32.0 Å². The van der Waals surface area contributed by atoms with E-state index in [1.165, 1.54) is 4.31 Å². The zero-order chi connectivity index (χ0) is 20.3. The molecule has 0 saturated heterocycles. The normalized spacial score (nSPS) is 13.0. The molecule has 0 amide bonds.